The van der Waals surface area contributed by atoms with E-state index in [0.29, 0.717) is 23.3 Å². The molecule has 5 nitrogen and oxygen atoms in total. The molecule has 5 heteroatoms. The molecule has 0 radical (unpaired) electrons. The van der Waals surface area contributed by atoms with Gasteiger partial charge in [-0.05, 0) is 55.9 Å². The summed E-state index contributed by atoms with van der Waals surface area (Å²) >= 11 is 0. The Hall–Kier alpha value is -2.43. The number of likely N-dealkylation sites (tertiary alicyclic amines) is 1. The SMILES string of the molecule is O=C(c1ccc(-c2ccccn2)[nH]c1=O)N1CCC[C@@H]2CCCC[C@H]21. The van der Waals surface area contributed by atoms with E-state index in [-0.39, 0.29) is 17.0 Å². The van der Waals surface area contributed by atoms with E-state index in [9.17, 15) is 9.59 Å². The first kappa shape index (κ1) is 16.1. The maximum absolute atomic E-state index is 13.0. The van der Waals surface area contributed by atoms with Gasteiger partial charge in [-0.25, -0.2) is 0 Å². The Morgan fingerprint density at radius 1 is 1.08 bits per heavy atom. The van der Waals surface area contributed by atoms with Crippen LogP contribution in [0.25, 0.3) is 11.4 Å². The molecule has 0 bridgehead atoms. The Kier molecular flexibility index (Phi) is 4.38. The Labute approximate surface area is 147 Å². The fourth-order valence-corrected chi connectivity index (χ4v) is 4.35. The largest absolute Gasteiger partial charge is 0.335 e. The van der Waals surface area contributed by atoms with Gasteiger partial charge >= 0.3 is 0 Å². The molecule has 0 unspecified atom stereocenters. The van der Waals surface area contributed by atoms with Crippen molar-refractivity contribution in [2.24, 2.45) is 5.92 Å². The van der Waals surface area contributed by atoms with Crippen molar-refractivity contribution < 1.29 is 4.79 Å². The monoisotopic (exact) mass is 337 g/mol. The van der Waals surface area contributed by atoms with Gasteiger partial charge in [0.25, 0.3) is 11.5 Å². The van der Waals surface area contributed by atoms with Crippen molar-refractivity contribution in [3.63, 3.8) is 0 Å². The minimum atomic E-state index is -0.328. The summed E-state index contributed by atoms with van der Waals surface area (Å²) in [6.45, 7) is 0.765. The summed E-state index contributed by atoms with van der Waals surface area (Å²) in [7, 11) is 0. The second-order valence-electron chi connectivity index (χ2n) is 7.08. The molecule has 2 atom stereocenters. The molecule has 2 aromatic heterocycles. The minimum Gasteiger partial charge on any atom is -0.335 e. The number of aromatic nitrogens is 2. The third-order valence-corrected chi connectivity index (χ3v) is 5.58. The zero-order valence-electron chi connectivity index (χ0n) is 14.3. The number of carbonyl (C=O) groups is 1. The Morgan fingerprint density at radius 2 is 1.92 bits per heavy atom. The van der Waals surface area contributed by atoms with Gasteiger partial charge in [0.1, 0.15) is 5.56 Å². The molecule has 2 fully saturated rings. The third kappa shape index (κ3) is 3.11. The van der Waals surface area contributed by atoms with Crippen LogP contribution < -0.4 is 5.56 Å². The predicted molar refractivity (Wildman–Crippen MR) is 96.3 cm³/mol. The van der Waals surface area contributed by atoms with Crippen molar-refractivity contribution in [1.29, 1.82) is 0 Å². The molecule has 2 aromatic rings. The van der Waals surface area contributed by atoms with Gasteiger partial charge in [-0.15, -0.1) is 0 Å². The third-order valence-electron chi connectivity index (χ3n) is 5.58. The van der Waals surface area contributed by atoms with Crippen LogP contribution in [0.2, 0.25) is 0 Å². The summed E-state index contributed by atoms with van der Waals surface area (Å²) < 4.78 is 0. The molecular formula is C20H23N3O2. The number of fused-ring (bicyclic) bond motifs is 1. The second kappa shape index (κ2) is 6.82. The van der Waals surface area contributed by atoms with Gasteiger partial charge in [-0.2, -0.15) is 0 Å². The summed E-state index contributed by atoms with van der Waals surface area (Å²) in [5.41, 5.74) is 1.25. The lowest BCUT2D eigenvalue weighted by molar-refractivity contribution is 0.0389. The Morgan fingerprint density at radius 3 is 2.72 bits per heavy atom. The molecule has 1 aliphatic carbocycles. The van der Waals surface area contributed by atoms with Crippen molar-refractivity contribution in [1.82, 2.24) is 14.9 Å². The van der Waals surface area contributed by atoms with Gasteiger partial charge < -0.3 is 9.88 Å². The summed E-state index contributed by atoms with van der Waals surface area (Å²) in [6.07, 6.45) is 8.66. The smallest absolute Gasteiger partial charge is 0.261 e. The van der Waals surface area contributed by atoms with Crippen LogP contribution in [0.3, 0.4) is 0 Å². The maximum atomic E-state index is 13.0. The number of pyridine rings is 2. The Bertz CT molecular complexity index is 813. The number of carbonyl (C=O) groups excluding carboxylic acids is 1. The lowest BCUT2D eigenvalue weighted by Crippen LogP contribution is -2.50. The van der Waals surface area contributed by atoms with Gasteiger partial charge in [-0.3, -0.25) is 14.6 Å². The van der Waals surface area contributed by atoms with Gasteiger partial charge in [0, 0.05) is 18.8 Å². The van der Waals surface area contributed by atoms with Crippen LogP contribution in [0.5, 0.6) is 0 Å². The van der Waals surface area contributed by atoms with E-state index in [2.05, 4.69) is 9.97 Å². The lowest BCUT2D eigenvalue weighted by Gasteiger charge is -2.44. The van der Waals surface area contributed by atoms with E-state index < -0.39 is 0 Å². The van der Waals surface area contributed by atoms with Gasteiger partial charge in [-0.1, -0.05) is 18.9 Å². The molecule has 1 N–H and O–H groups in total. The topological polar surface area (TPSA) is 66.1 Å². The van der Waals surface area contributed by atoms with Crippen molar-refractivity contribution in [3.8, 4) is 11.4 Å². The summed E-state index contributed by atoms with van der Waals surface area (Å²) in [6, 6.07) is 9.28. The fourth-order valence-electron chi connectivity index (χ4n) is 4.35. The normalized spacial score (nSPS) is 23.1. The number of H-pyrrole nitrogens is 1. The van der Waals surface area contributed by atoms with E-state index in [1.807, 2.05) is 23.1 Å². The predicted octanol–water partition coefficient (Wildman–Crippen LogP) is 3.23. The van der Waals surface area contributed by atoms with Crippen molar-refractivity contribution >= 4 is 5.91 Å². The average Bonchev–Trinajstić information content (AvgIpc) is 2.67. The van der Waals surface area contributed by atoms with Crippen LogP contribution >= 0.6 is 0 Å². The second-order valence-corrected chi connectivity index (χ2v) is 7.08. The molecule has 1 amide bonds. The zero-order chi connectivity index (χ0) is 17.2. The Balaban J connectivity index is 1.61. The highest BCUT2D eigenvalue weighted by atomic mass is 16.2. The van der Waals surface area contributed by atoms with Crippen LogP contribution in [0.15, 0.2) is 41.3 Å². The van der Waals surface area contributed by atoms with Crippen molar-refractivity contribution in [2.75, 3.05) is 6.54 Å². The fraction of sp³-hybridized carbons (Fsp3) is 0.450. The molecule has 1 saturated heterocycles. The van der Waals surface area contributed by atoms with E-state index in [0.717, 1.165) is 19.4 Å². The van der Waals surface area contributed by atoms with Crippen LogP contribution in [0.4, 0.5) is 0 Å². The highest BCUT2D eigenvalue weighted by Crippen LogP contribution is 2.35. The molecule has 25 heavy (non-hydrogen) atoms. The van der Waals surface area contributed by atoms with E-state index in [4.69, 9.17) is 0 Å². The number of piperidine rings is 1. The lowest BCUT2D eigenvalue weighted by atomic mass is 9.78. The van der Waals surface area contributed by atoms with E-state index in [1.54, 1.807) is 18.3 Å². The molecule has 0 aromatic carbocycles. The molecule has 130 valence electrons. The number of nitrogens with one attached hydrogen (secondary N) is 1. The molecule has 1 aliphatic heterocycles. The number of amides is 1. The summed E-state index contributed by atoms with van der Waals surface area (Å²) in [5.74, 6) is 0.490. The number of aromatic amines is 1. The summed E-state index contributed by atoms with van der Waals surface area (Å²) in [5, 5.41) is 0. The van der Waals surface area contributed by atoms with Gasteiger partial charge in [0.05, 0.1) is 11.4 Å². The molecular weight excluding hydrogens is 314 g/mol. The number of hydrogen-bond donors (Lipinski definition) is 1. The van der Waals surface area contributed by atoms with Gasteiger partial charge in [0.15, 0.2) is 0 Å². The first-order valence-electron chi connectivity index (χ1n) is 9.20. The van der Waals surface area contributed by atoms with Crippen molar-refractivity contribution in [3.05, 3.63) is 52.4 Å². The molecule has 0 spiro atoms. The van der Waals surface area contributed by atoms with E-state index >= 15 is 0 Å². The summed E-state index contributed by atoms with van der Waals surface area (Å²) in [4.78, 5) is 34.6. The average molecular weight is 337 g/mol. The van der Waals surface area contributed by atoms with Crippen LogP contribution in [-0.4, -0.2) is 33.4 Å². The molecule has 1 saturated carbocycles. The quantitative estimate of drug-likeness (QED) is 0.915. The van der Waals surface area contributed by atoms with E-state index in [1.165, 1.54) is 25.7 Å². The molecule has 3 heterocycles. The highest BCUT2D eigenvalue weighted by molar-refractivity contribution is 5.94. The maximum Gasteiger partial charge on any atom is 0.261 e. The van der Waals surface area contributed by atoms with Crippen LogP contribution in [0, 0.1) is 5.92 Å². The number of rotatable bonds is 2. The molecule has 2 aliphatic rings. The number of nitrogens with zero attached hydrogens (tertiary/aromatic N) is 2. The minimum absolute atomic E-state index is 0.120. The standard InChI is InChI=1S/C20H23N3O2/c24-19-15(10-11-17(22-19)16-8-3-4-12-21-16)20(25)23-13-5-7-14-6-1-2-9-18(14)23/h3-4,8,10-12,14,18H,1-2,5-7,9,13H2,(H,22,24)/t14-,18+/m0/s1. The number of hydrogen-bond acceptors (Lipinski definition) is 3. The van der Waals surface area contributed by atoms with Crippen LogP contribution in [0.1, 0.15) is 48.9 Å². The first-order chi connectivity index (χ1) is 12.2. The van der Waals surface area contributed by atoms with Crippen molar-refractivity contribution in [2.45, 2.75) is 44.6 Å². The first-order valence-corrected chi connectivity index (χ1v) is 9.20. The highest BCUT2D eigenvalue weighted by Gasteiger charge is 2.36. The van der Waals surface area contributed by atoms with Gasteiger partial charge in [0.2, 0.25) is 0 Å². The zero-order valence-corrected chi connectivity index (χ0v) is 14.3. The van der Waals surface area contributed by atoms with Crippen LogP contribution in [-0.2, 0) is 0 Å². The molecule has 4 rings (SSSR count).